The molecule has 7 nitrogen and oxygen atoms in total. The van der Waals surface area contributed by atoms with Crippen LogP contribution in [0.25, 0.3) is 5.65 Å². The summed E-state index contributed by atoms with van der Waals surface area (Å²) in [5, 5.41) is 8.91. The van der Waals surface area contributed by atoms with E-state index in [1.807, 2.05) is 6.07 Å². The molecule has 23 heavy (non-hydrogen) atoms. The zero-order valence-electron chi connectivity index (χ0n) is 12.0. The van der Waals surface area contributed by atoms with Gasteiger partial charge in [-0.3, -0.25) is 9.20 Å². The van der Waals surface area contributed by atoms with Crippen molar-refractivity contribution in [2.45, 2.75) is 29.7 Å². The van der Waals surface area contributed by atoms with Gasteiger partial charge >= 0.3 is 0 Å². The van der Waals surface area contributed by atoms with Crippen molar-refractivity contribution >= 4 is 33.3 Å². The molecule has 0 atom stereocenters. The lowest BCUT2D eigenvalue weighted by Gasteiger charge is -2.05. The van der Waals surface area contributed by atoms with Crippen molar-refractivity contribution in [2.24, 2.45) is 0 Å². The smallest absolute Gasteiger partial charge is 0.258 e. The SMILES string of the molecule is Nn1c(SCc2cc(=O)n3cc(Br)ccc3n2)nnc1C1CC1. The predicted octanol–water partition coefficient (Wildman–Crippen LogP) is 1.93. The van der Waals surface area contributed by atoms with Gasteiger partial charge in [0.25, 0.3) is 5.56 Å². The highest BCUT2D eigenvalue weighted by Gasteiger charge is 2.29. The van der Waals surface area contributed by atoms with Crippen molar-refractivity contribution in [3.63, 3.8) is 0 Å². The van der Waals surface area contributed by atoms with Crippen LogP contribution in [0, 0.1) is 0 Å². The summed E-state index contributed by atoms with van der Waals surface area (Å²) in [6, 6.07) is 5.19. The zero-order chi connectivity index (χ0) is 16.0. The van der Waals surface area contributed by atoms with Gasteiger partial charge in [-0.05, 0) is 40.9 Å². The Kier molecular flexibility index (Phi) is 3.61. The van der Waals surface area contributed by atoms with Crippen LogP contribution in [0.5, 0.6) is 0 Å². The normalized spacial score (nSPS) is 14.5. The number of hydrogen-bond acceptors (Lipinski definition) is 6. The molecule has 1 aliphatic carbocycles. The highest BCUT2D eigenvalue weighted by atomic mass is 79.9. The van der Waals surface area contributed by atoms with Crippen LogP contribution in [0.1, 0.15) is 30.3 Å². The molecule has 0 bridgehead atoms. The van der Waals surface area contributed by atoms with Gasteiger partial charge in [-0.25, -0.2) is 9.66 Å². The first-order chi connectivity index (χ1) is 11.1. The van der Waals surface area contributed by atoms with Crippen molar-refractivity contribution in [3.8, 4) is 0 Å². The molecule has 0 aromatic carbocycles. The molecule has 1 fully saturated rings. The van der Waals surface area contributed by atoms with Gasteiger partial charge in [-0.1, -0.05) is 11.8 Å². The molecule has 3 aromatic heterocycles. The third-order valence-corrected chi connectivity index (χ3v) is 5.10. The summed E-state index contributed by atoms with van der Waals surface area (Å²) in [4.78, 5) is 16.7. The van der Waals surface area contributed by atoms with E-state index in [4.69, 9.17) is 5.84 Å². The van der Waals surface area contributed by atoms with E-state index in [0.717, 1.165) is 23.1 Å². The molecule has 2 N–H and O–H groups in total. The van der Waals surface area contributed by atoms with E-state index >= 15 is 0 Å². The first-order valence-corrected chi connectivity index (χ1v) is 8.91. The van der Waals surface area contributed by atoms with Crippen LogP contribution >= 0.6 is 27.7 Å². The number of fused-ring (bicyclic) bond motifs is 1. The molecule has 118 valence electrons. The summed E-state index contributed by atoms with van der Waals surface area (Å²) in [6.45, 7) is 0. The number of thioether (sulfide) groups is 1. The van der Waals surface area contributed by atoms with Crippen molar-refractivity contribution in [2.75, 3.05) is 5.84 Å². The molecule has 1 aliphatic rings. The second kappa shape index (κ2) is 5.64. The van der Waals surface area contributed by atoms with Gasteiger partial charge < -0.3 is 5.84 Å². The largest absolute Gasteiger partial charge is 0.336 e. The standard InChI is InChI=1S/C14H13BrN6OS/c15-9-3-4-11-17-10(5-12(22)20(11)6-9)7-23-14-19-18-13(21(14)16)8-1-2-8/h3-6,8H,1-2,7,16H2. The third-order valence-electron chi connectivity index (χ3n) is 3.66. The average molecular weight is 393 g/mol. The van der Waals surface area contributed by atoms with Crippen LogP contribution in [0.2, 0.25) is 0 Å². The molecule has 4 rings (SSSR count). The molecule has 9 heteroatoms. The summed E-state index contributed by atoms with van der Waals surface area (Å²) in [5.41, 5.74) is 1.20. The Hall–Kier alpha value is -1.87. The van der Waals surface area contributed by atoms with Gasteiger partial charge in [0.2, 0.25) is 5.16 Å². The predicted molar refractivity (Wildman–Crippen MR) is 90.9 cm³/mol. The van der Waals surface area contributed by atoms with Crippen LogP contribution in [-0.2, 0) is 5.75 Å². The topological polar surface area (TPSA) is 91.1 Å². The van der Waals surface area contributed by atoms with Gasteiger partial charge in [0.15, 0.2) is 5.82 Å². The lowest BCUT2D eigenvalue weighted by molar-refractivity contribution is 0.789. The van der Waals surface area contributed by atoms with Crippen LogP contribution in [0.3, 0.4) is 0 Å². The number of rotatable bonds is 4. The van der Waals surface area contributed by atoms with Gasteiger partial charge in [0.1, 0.15) is 5.65 Å². The first kappa shape index (κ1) is 14.7. The summed E-state index contributed by atoms with van der Waals surface area (Å²) in [7, 11) is 0. The number of halogens is 1. The summed E-state index contributed by atoms with van der Waals surface area (Å²) in [5.74, 6) is 7.83. The van der Waals surface area contributed by atoms with Crippen molar-refractivity contribution in [1.29, 1.82) is 0 Å². The van der Waals surface area contributed by atoms with E-state index in [1.54, 1.807) is 16.9 Å². The maximum atomic E-state index is 12.2. The minimum atomic E-state index is -0.111. The zero-order valence-corrected chi connectivity index (χ0v) is 14.4. The second-order valence-electron chi connectivity index (χ2n) is 5.43. The molecule has 3 aromatic rings. The molecular weight excluding hydrogens is 380 g/mol. The van der Waals surface area contributed by atoms with Crippen molar-refractivity contribution in [1.82, 2.24) is 24.3 Å². The van der Waals surface area contributed by atoms with E-state index in [-0.39, 0.29) is 5.56 Å². The molecular formula is C14H13BrN6OS. The molecule has 0 radical (unpaired) electrons. The van der Waals surface area contributed by atoms with Gasteiger partial charge in [-0.2, -0.15) is 0 Å². The fourth-order valence-corrected chi connectivity index (χ4v) is 3.44. The quantitative estimate of drug-likeness (QED) is 0.538. The maximum Gasteiger partial charge on any atom is 0.258 e. The van der Waals surface area contributed by atoms with Crippen molar-refractivity contribution in [3.05, 3.63) is 50.7 Å². The minimum absolute atomic E-state index is 0.111. The van der Waals surface area contributed by atoms with Gasteiger partial charge in [0.05, 0.1) is 5.69 Å². The van der Waals surface area contributed by atoms with E-state index in [2.05, 4.69) is 31.1 Å². The number of hydrogen-bond donors (Lipinski definition) is 1. The number of nitrogen functional groups attached to an aromatic ring is 1. The van der Waals surface area contributed by atoms with Gasteiger partial charge in [0, 0.05) is 28.4 Å². The summed E-state index contributed by atoms with van der Waals surface area (Å²) < 4.78 is 3.89. The number of pyridine rings is 1. The average Bonchev–Trinajstić information content (AvgIpc) is 3.30. The fraction of sp³-hybridized carbons (Fsp3) is 0.286. The lowest BCUT2D eigenvalue weighted by atomic mass is 10.4. The monoisotopic (exact) mass is 392 g/mol. The Morgan fingerprint density at radius 2 is 2.17 bits per heavy atom. The van der Waals surface area contributed by atoms with Crippen LogP contribution in [-0.4, -0.2) is 24.3 Å². The summed E-state index contributed by atoms with van der Waals surface area (Å²) >= 11 is 4.78. The Morgan fingerprint density at radius 3 is 2.96 bits per heavy atom. The van der Waals surface area contributed by atoms with Crippen LogP contribution in [0.15, 0.2) is 38.8 Å². The molecule has 0 amide bonds. The minimum Gasteiger partial charge on any atom is -0.336 e. The first-order valence-electron chi connectivity index (χ1n) is 7.13. The number of nitrogens with zero attached hydrogens (tertiary/aromatic N) is 5. The molecule has 0 aliphatic heterocycles. The van der Waals surface area contributed by atoms with Crippen LogP contribution in [0.4, 0.5) is 0 Å². The Bertz CT molecular complexity index is 948. The highest BCUT2D eigenvalue weighted by molar-refractivity contribution is 9.10. The molecule has 3 heterocycles. The van der Waals surface area contributed by atoms with Crippen LogP contribution < -0.4 is 11.4 Å². The fourth-order valence-electron chi connectivity index (χ4n) is 2.35. The van der Waals surface area contributed by atoms with E-state index < -0.39 is 0 Å². The molecule has 1 saturated carbocycles. The number of nitrogens with two attached hydrogens (primary N) is 1. The van der Waals surface area contributed by atoms with E-state index in [1.165, 1.54) is 22.2 Å². The summed E-state index contributed by atoms with van der Waals surface area (Å²) in [6.07, 6.45) is 3.96. The van der Waals surface area contributed by atoms with E-state index in [0.29, 0.717) is 28.2 Å². The molecule has 0 unspecified atom stereocenters. The van der Waals surface area contributed by atoms with Gasteiger partial charge in [-0.15, -0.1) is 10.2 Å². The Balaban J connectivity index is 1.58. The van der Waals surface area contributed by atoms with E-state index in [9.17, 15) is 4.79 Å². The van der Waals surface area contributed by atoms with Crippen molar-refractivity contribution < 1.29 is 0 Å². The third kappa shape index (κ3) is 2.86. The maximum absolute atomic E-state index is 12.2. The molecule has 0 spiro atoms. The Morgan fingerprint density at radius 1 is 1.35 bits per heavy atom. The number of aromatic nitrogens is 5. The Labute approximate surface area is 144 Å². The second-order valence-corrected chi connectivity index (χ2v) is 7.29. The lowest BCUT2D eigenvalue weighted by Crippen LogP contribution is -2.15. The molecule has 0 saturated heterocycles. The highest BCUT2D eigenvalue weighted by Crippen LogP contribution is 2.39.